The predicted octanol–water partition coefficient (Wildman–Crippen LogP) is 10.7. The van der Waals surface area contributed by atoms with Gasteiger partial charge in [0.05, 0.1) is 49.2 Å². The van der Waals surface area contributed by atoms with Crippen LogP contribution in [0.15, 0.2) is 187 Å². The molecule has 822 valence electrons. The number of hydrogen-bond donors (Lipinski definition) is 6. The third kappa shape index (κ3) is 46.6. The van der Waals surface area contributed by atoms with Crippen molar-refractivity contribution in [3.8, 4) is 0 Å². The van der Waals surface area contributed by atoms with Crippen molar-refractivity contribution in [3.05, 3.63) is 247 Å². The van der Waals surface area contributed by atoms with Crippen molar-refractivity contribution in [3.63, 3.8) is 0 Å². The molecule has 2 aromatic heterocycles. The molecular weight excluding hydrogens is 2180 g/mol. The number of carbonyl (C=O) groups is 2. The Morgan fingerprint density at radius 3 is 1.09 bits per heavy atom. The zero-order valence-electron chi connectivity index (χ0n) is 87.7. The zero-order valence-corrected chi connectivity index (χ0v) is 95.1. The van der Waals surface area contributed by atoms with Gasteiger partial charge >= 0.3 is 121 Å². The first-order valence-corrected chi connectivity index (χ1v) is 54.3. The summed E-state index contributed by atoms with van der Waals surface area (Å²) in [5, 5.41) is 10.8. The van der Waals surface area contributed by atoms with Gasteiger partial charge in [0.25, 0.3) is 18.1 Å². The fourth-order valence-electron chi connectivity index (χ4n) is 14.8. The van der Waals surface area contributed by atoms with Gasteiger partial charge in [-0.15, -0.1) is 0 Å². The van der Waals surface area contributed by atoms with E-state index in [2.05, 4.69) is 38.4 Å². The molecule has 3 fully saturated rings. The molecule has 0 radical (unpaired) electrons. The second-order valence-electron chi connectivity index (χ2n) is 33.4. The molecule has 6 atom stereocenters. The third-order valence-electron chi connectivity index (χ3n) is 20.6. The molecule has 0 bridgehead atoms. The van der Waals surface area contributed by atoms with Crippen molar-refractivity contribution in [2.24, 2.45) is 5.73 Å². The third-order valence-corrected chi connectivity index (χ3v) is 31.1. The number of aromatic amines is 1. The number of nitrogens with two attached hydrogens (primary N) is 1. The van der Waals surface area contributed by atoms with Crippen LogP contribution in [0.1, 0.15) is 140 Å². The number of fused-ring (bicyclic) bond motifs is 2. The number of sulfonamides is 4. The standard InChI is InChI=1S/C20H21F3N2O2S.C14H18F3NO4S.C12H16F3NO3S.C12H14F3NO2S.C9H11ClO2S.C8H7N.C7H7ClO2S.C5H8F3NO2.2C4H8O.CH4.Al.Li.2Na.6H/c1-13-10-14(2)19(15(3)11-13)28(26,27)24-18(20(21,22)23)12-25-9-8-16-6-4-5-7-17(16)25;1-5-22-13(19)12(14(15,16)17)18-23(20,21)11-9(3)6-8(2)7-10(11)4;1-7-4-8(2)11(9(3)5-7)20(18,19)16-10(6-17)12(13,14)15;1-7-4-8(2)11(9(3)5-7)19(17,18)16-6-10(16)12(13,14)15;1-6-4-7(2)9(8(3)5-6)13(10,11)12;1-2-4-8-7(3-1)5-6-9-8;1-6-2-4-7(5-3-6)11(8,9)10;1-2-11-4(10)3(9)5(6,7)8;2*1-2-4-5-3-1;;;;;;;;;;;/h4-11,18,24H,12H2,1-3H3;6-7,12,18H,5H2,1-4H3;4-5,10,16-17H,6H2,1-3H3;4-5,10H,6H2,1-3H3;4-5H,1-3H3;1-6,9H;2-5H,1H3;3H,2,9H2,1H3;2*1-4H2;1H4;;;;;;;;;;/q;;;;;;;;;;;;3*+1;;;;3*-1. The molecule has 0 saturated carbocycles. The van der Waals surface area contributed by atoms with Crippen LogP contribution in [0.2, 0.25) is 0 Å². The van der Waals surface area contributed by atoms with Crippen LogP contribution in [-0.4, -0.2) is 213 Å². The monoisotopic (exact) mass is 2310 g/mol. The summed E-state index contributed by atoms with van der Waals surface area (Å²) in [4.78, 5) is 24.7. The van der Waals surface area contributed by atoms with Crippen LogP contribution in [0.5, 0.6) is 0 Å². The summed E-state index contributed by atoms with van der Waals surface area (Å²) in [6, 6.07) is 29.7. The molecule has 7 N–H and O–H groups in total. The quantitative estimate of drug-likeness (QED) is 0.0136. The summed E-state index contributed by atoms with van der Waals surface area (Å²) < 4.78 is 357. The largest absolute Gasteiger partial charge is 1.00 e. The molecule has 5 heterocycles. The van der Waals surface area contributed by atoms with Gasteiger partial charge in [0.2, 0.25) is 46.1 Å². The van der Waals surface area contributed by atoms with Gasteiger partial charge in [-0.1, -0.05) is 150 Å². The van der Waals surface area contributed by atoms with Crippen LogP contribution >= 0.6 is 21.4 Å². The van der Waals surface area contributed by atoms with Gasteiger partial charge in [-0.3, -0.25) is 4.79 Å². The van der Waals surface area contributed by atoms with Gasteiger partial charge in [-0.05, 0) is 253 Å². The van der Waals surface area contributed by atoms with E-state index in [0.29, 0.717) is 65.5 Å². The minimum absolute atomic E-state index is 0. The molecule has 3 aliphatic rings. The number of carbonyl (C=O) groups excluding carboxylic acids is 2. The maximum absolute atomic E-state index is 13.7. The Hall–Kier alpha value is -6.18. The van der Waals surface area contributed by atoms with Gasteiger partial charge < -0.3 is 43.6 Å². The van der Waals surface area contributed by atoms with E-state index < -0.39 is 151 Å². The number of aliphatic hydroxyl groups is 1. The Bertz CT molecular complexity index is 6610. The van der Waals surface area contributed by atoms with E-state index in [0.717, 1.165) is 65.2 Å². The Kier molecular flexibility index (Phi) is 60.9. The van der Waals surface area contributed by atoms with E-state index in [1.54, 1.807) is 141 Å². The molecule has 8 aromatic carbocycles. The molecule has 6 unspecified atom stereocenters. The fourth-order valence-corrected chi connectivity index (χ4v) is 24.1. The Morgan fingerprint density at radius 2 is 0.785 bits per heavy atom. The summed E-state index contributed by atoms with van der Waals surface area (Å²) in [7, 11) is -14.1. The van der Waals surface area contributed by atoms with Gasteiger partial charge in [0.15, 0.2) is 23.4 Å². The number of alkyl halides is 15. The molecule has 0 spiro atoms. The van der Waals surface area contributed by atoms with Crippen LogP contribution in [0.25, 0.3) is 21.8 Å². The first-order chi connectivity index (χ1) is 66.1. The SMILES string of the molecule is C.C1CCOC1.C1CCOC1.CCOC(=O)C(N)C(F)(F)F.CCOC(=O)C(NS(=O)(=O)c1c(C)cc(C)cc1C)C(F)(F)F.Cc1cc(C)c(S(=O)(=O)Cl)c(C)c1.Cc1cc(C)c(S(=O)(=O)N2CC2C(F)(F)F)c(C)c1.Cc1cc(C)c(S(=O)(=O)NC(CO)C(F)(F)F)c(C)c1.Cc1cc(C)c(S(=O)(=O)NC(Cn2ccc3ccccc32)C(F)(F)F)c(C)c1.Cc1ccc(S(=O)(=O)Cl)cc1.[AlH3].[H-].[H-].[H-].[Li+].[Na+].[Na+].c1ccc2[nH]ccc2c1. The summed E-state index contributed by atoms with van der Waals surface area (Å²) in [6.07, 6.45) is -15.3. The minimum atomic E-state index is -5.11. The molecule has 0 amide bonds. The van der Waals surface area contributed by atoms with Crippen molar-refractivity contribution >= 4 is 131 Å². The van der Waals surface area contributed by atoms with E-state index in [1.807, 2.05) is 56.0 Å². The molecule has 26 nitrogen and oxygen atoms in total. The van der Waals surface area contributed by atoms with Gasteiger partial charge in [0, 0.05) is 84.3 Å². The molecule has 3 saturated heterocycles. The Labute approximate surface area is 942 Å². The van der Waals surface area contributed by atoms with Gasteiger partial charge in [-0.2, -0.15) is 84.3 Å². The van der Waals surface area contributed by atoms with Crippen molar-refractivity contribution in [2.45, 2.75) is 255 Å². The van der Waals surface area contributed by atoms with Crippen LogP contribution in [0, 0.1) is 111 Å². The maximum Gasteiger partial charge on any atom is 1.00 e. The molecule has 0 aliphatic carbocycles. The van der Waals surface area contributed by atoms with E-state index in [1.165, 1.54) is 123 Å². The number of nitrogens with zero attached hydrogens (tertiary/aromatic N) is 2. The number of nitrogens with one attached hydrogen (secondary N) is 4. The van der Waals surface area contributed by atoms with Gasteiger partial charge in [-0.25, -0.2) is 55.3 Å². The average Bonchev–Trinajstić information content (AvgIpc) is 1.57. The predicted molar refractivity (Wildman–Crippen MR) is 539 cm³/mol. The fraction of sp³-hybridized carbons (Fsp3) is 0.438. The normalized spacial score (nSPS) is 14.8. The number of aromatic nitrogens is 2. The first-order valence-electron chi connectivity index (χ1n) is 43.8. The van der Waals surface area contributed by atoms with Crippen molar-refractivity contribution < 1.29 is 232 Å². The summed E-state index contributed by atoms with van der Waals surface area (Å²) in [6.45, 7) is 30.7. The molecule has 13 rings (SSSR count). The maximum atomic E-state index is 13.7. The number of rotatable bonds is 20. The van der Waals surface area contributed by atoms with E-state index in [-0.39, 0.29) is 150 Å². The Balaban J connectivity index is -0.000000540. The topological polar surface area (TPSA) is 382 Å². The molecular formula is C96H128AlCl2F15LiN7Na2O19S6. The van der Waals surface area contributed by atoms with Crippen molar-refractivity contribution in [2.75, 3.05) is 52.8 Å². The number of aryl methyl sites for hydroxylation is 16. The van der Waals surface area contributed by atoms with Crippen molar-refractivity contribution in [1.82, 2.24) is 28.0 Å². The van der Waals surface area contributed by atoms with E-state index >= 15 is 0 Å². The van der Waals surface area contributed by atoms with Crippen LogP contribution < -0.4 is 97.9 Å². The van der Waals surface area contributed by atoms with E-state index in [9.17, 15) is 126 Å². The number of aliphatic hydroxyl groups excluding tert-OH is 1. The molecule has 10 aromatic rings. The van der Waals surface area contributed by atoms with Crippen LogP contribution in [-0.2, 0) is 93.3 Å². The average molecular weight is 2310 g/mol. The molecule has 3 aliphatic heterocycles. The number of halogens is 17. The van der Waals surface area contributed by atoms with Crippen molar-refractivity contribution in [1.29, 1.82) is 0 Å². The summed E-state index contributed by atoms with van der Waals surface area (Å²) in [5.41, 5.74) is 16.1. The second kappa shape index (κ2) is 62.7. The number of hydrogen-bond acceptors (Lipinski definition) is 20. The van der Waals surface area contributed by atoms with Crippen LogP contribution in [0.4, 0.5) is 65.9 Å². The van der Waals surface area contributed by atoms with Crippen LogP contribution in [0.3, 0.4) is 0 Å². The number of H-pyrrole nitrogens is 1. The molecule has 149 heavy (non-hydrogen) atoms. The second-order valence-corrected chi connectivity index (χ2v) is 45.3. The summed E-state index contributed by atoms with van der Waals surface area (Å²) >= 11 is 0. The molecule has 53 heteroatoms. The first kappa shape index (κ1) is 145. The summed E-state index contributed by atoms with van der Waals surface area (Å²) in [5.74, 6) is -3.13. The smallest absolute Gasteiger partial charge is 1.00 e. The number of esters is 2. The van der Waals surface area contributed by atoms with E-state index in [4.69, 9.17) is 35.9 Å². The zero-order chi connectivity index (χ0) is 110. The van der Waals surface area contributed by atoms with Gasteiger partial charge in [0.1, 0.15) is 18.1 Å². The number of para-hydroxylation sites is 2. The number of ether oxygens (including phenoxy) is 4. The number of benzene rings is 8. The Morgan fingerprint density at radius 1 is 0.450 bits per heavy atom. The minimum Gasteiger partial charge on any atom is -1.00 e.